The SMILES string of the molecule is CC(C)N(C1=NSN=C(N(C(C)C)C(C)C)C1=C(C#N)C#N)C(C)C. The van der Waals surface area contributed by atoms with Crippen LogP contribution < -0.4 is 0 Å². The van der Waals surface area contributed by atoms with Gasteiger partial charge in [-0.3, -0.25) is 0 Å². The van der Waals surface area contributed by atoms with Crippen molar-refractivity contribution in [3.05, 3.63) is 11.1 Å². The summed E-state index contributed by atoms with van der Waals surface area (Å²) < 4.78 is 9.01. The first-order chi connectivity index (χ1) is 11.7. The molecule has 7 heteroatoms. The molecule has 1 heterocycles. The smallest absolute Gasteiger partial charge is 0.152 e. The zero-order chi connectivity index (χ0) is 19.3. The first kappa shape index (κ1) is 21.1. The molecule has 0 bridgehead atoms. The molecule has 0 unspecified atom stereocenters. The van der Waals surface area contributed by atoms with E-state index in [1.807, 2.05) is 12.1 Å². The van der Waals surface area contributed by atoms with Gasteiger partial charge >= 0.3 is 0 Å². The van der Waals surface area contributed by atoms with Crippen molar-refractivity contribution in [1.82, 2.24) is 9.80 Å². The van der Waals surface area contributed by atoms with Gasteiger partial charge in [0.25, 0.3) is 0 Å². The summed E-state index contributed by atoms with van der Waals surface area (Å²) in [6.07, 6.45) is 0. The fourth-order valence-electron chi connectivity index (χ4n) is 3.17. The van der Waals surface area contributed by atoms with Crippen molar-refractivity contribution < 1.29 is 0 Å². The molecule has 0 radical (unpaired) electrons. The van der Waals surface area contributed by atoms with Crippen molar-refractivity contribution in [2.45, 2.75) is 79.6 Å². The Morgan fingerprint density at radius 3 is 1.32 bits per heavy atom. The Kier molecular flexibility index (Phi) is 7.51. The van der Waals surface area contributed by atoms with Crippen LogP contribution in [0.15, 0.2) is 19.9 Å². The minimum absolute atomic E-state index is 0.0513. The van der Waals surface area contributed by atoms with Crippen LogP contribution in [0.3, 0.4) is 0 Å². The van der Waals surface area contributed by atoms with Crippen LogP contribution in [0.2, 0.25) is 0 Å². The molecule has 1 aliphatic heterocycles. The van der Waals surface area contributed by atoms with E-state index < -0.39 is 0 Å². The Labute approximate surface area is 156 Å². The summed E-state index contributed by atoms with van der Waals surface area (Å²) in [6.45, 7) is 16.6. The number of hydrogen-bond donors (Lipinski definition) is 0. The Hall–Kier alpha value is -1.99. The Morgan fingerprint density at radius 1 is 0.760 bits per heavy atom. The zero-order valence-electron chi connectivity index (χ0n) is 16.4. The van der Waals surface area contributed by atoms with Crippen LogP contribution in [-0.4, -0.2) is 45.6 Å². The number of allylic oxidation sites excluding steroid dienone is 1. The molecule has 0 amide bonds. The minimum atomic E-state index is 0.0513. The van der Waals surface area contributed by atoms with Crippen LogP contribution in [-0.2, 0) is 0 Å². The molecular weight excluding hydrogens is 332 g/mol. The number of hydrogen-bond acceptors (Lipinski definition) is 7. The lowest BCUT2D eigenvalue weighted by molar-refractivity contribution is 0.285. The molecule has 0 aromatic rings. The van der Waals surface area contributed by atoms with Gasteiger partial charge in [0.2, 0.25) is 0 Å². The van der Waals surface area contributed by atoms with Gasteiger partial charge < -0.3 is 9.80 Å². The van der Waals surface area contributed by atoms with E-state index in [-0.39, 0.29) is 29.7 Å². The highest BCUT2D eigenvalue weighted by atomic mass is 32.2. The van der Waals surface area contributed by atoms with Crippen molar-refractivity contribution in [3.8, 4) is 12.1 Å². The Bertz CT molecular complexity index is 588. The summed E-state index contributed by atoms with van der Waals surface area (Å²) in [5, 5.41) is 19.1. The lowest BCUT2D eigenvalue weighted by atomic mass is 10.0. The van der Waals surface area contributed by atoms with Gasteiger partial charge in [-0.15, -0.1) is 0 Å². The molecule has 0 saturated heterocycles. The summed E-state index contributed by atoms with van der Waals surface area (Å²) >= 11 is 1.12. The molecule has 0 N–H and O–H groups in total. The molecule has 0 atom stereocenters. The molecule has 0 fully saturated rings. The van der Waals surface area contributed by atoms with E-state index in [0.29, 0.717) is 17.2 Å². The number of nitriles is 2. The Balaban J connectivity index is 3.64. The maximum atomic E-state index is 9.55. The van der Waals surface area contributed by atoms with E-state index in [2.05, 4.69) is 74.0 Å². The summed E-state index contributed by atoms with van der Waals surface area (Å²) in [7, 11) is 0. The van der Waals surface area contributed by atoms with Crippen molar-refractivity contribution in [1.29, 1.82) is 10.5 Å². The molecular formula is C18H28N6S. The average Bonchev–Trinajstić information content (AvgIpc) is 2.49. The quantitative estimate of drug-likeness (QED) is 0.560. The second kappa shape index (κ2) is 8.92. The monoisotopic (exact) mass is 360 g/mol. The summed E-state index contributed by atoms with van der Waals surface area (Å²) in [4.78, 5) is 4.26. The van der Waals surface area contributed by atoms with Crippen LogP contribution in [0, 0.1) is 22.7 Å². The van der Waals surface area contributed by atoms with Crippen LogP contribution in [0.1, 0.15) is 55.4 Å². The van der Waals surface area contributed by atoms with Gasteiger partial charge in [0.1, 0.15) is 29.8 Å². The van der Waals surface area contributed by atoms with Crippen molar-refractivity contribution in [2.24, 2.45) is 8.80 Å². The molecule has 1 aliphatic rings. The molecule has 0 saturated carbocycles. The van der Waals surface area contributed by atoms with E-state index in [4.69, 9.17) is 0 Å². The standard InChI is InChI=1S/C18H28N6S/c1-11(2)23(12(3)4)17-16(15(9-19)10-20)18(22-25-21-17)24(13(5)6)14(7)8/h11-14H,1-8H3. The van der Waals surface area contributed by atoms with E-state index in [1.54, 1.807) is 0 Å². The predicted molar refractivity (Wildman–Crippen MR) is 105 cm³/mol. The van der Waals surface area contributed by atoms with Gasteiger partial charge in [-0.2, -0.15) is 19.3 Å². The number of amidine groups is 2. The first-order valence-corrected chi connectivity index (χ1v) is 9.34. The number of rotatable bonds is 4. The zero-order valence-corrected chi connectivity index (χ0v) is 17.2. The molecule has 0 aliphatic carbocycles. The molecule has 25 heavy (non-hydrogen) atoms. The lowest BCUT2D eigenvalue weighted by Gasteiger charge is -2.40. The highest BCUT2D eigenvalue weighted by Crippen LogP contribution is 2.28. The van der Waals surface area contributed by atoms with Crippen LogP contribution >= 0.6 is 12.1 Å². The fraction of sp³-hybridized carbons (Fsp3) is 0.667. The summed E-state index contributed by atoms with van der Waals surface area (Å²) in [5.41, 5.74) is 0.587. The third-order valence-corrected chi connectivity index (χ3v) is 4.40. The van der Waals surface area contributed by atoms with Crippen LogP contribution in [0.5, 0.6) is 0 Å². The molecule has 6 nitrogen and oxygen atoms in total. The summed E-state index contributed by atoms with van der Waals surface area (Å²) in [6, 6.07) is 4.80. The van der Waals surface area contributed by atoms with Gasteiger partial charge in [0, 0.05) is 24.2 Å². The Morgan fingerprint density at radius 2 is 1.08 bits per heavy atom. The second-order valence-corrected chi connectivity index (χ2v) is 7.60. The maximum Gasteiger partial charge on any atom is 0.152 e. The fourth-order valence-corrected chi connectivity index (χ4v) is 3.74. The average molecular weight is 361 g/mol. The molecule has 0 aromatic carbocycles. The van der Waals surface area contributed by atoms with E-state index >= 15 is 0 Å². The van der Waals surface area contributed by atoms with Gasteiger partial charge in [0.15, 0.2) is 11.7 Å². The molecule has 0 spiro atoms. The van der Waals surface area contributed by atoms with Crippen LogP contribution in [0.25, 0.3) is 0 Å². The van der Waals surface area contributed by atoms with Gasteiger partial charge in [-0.05, 0) is 55.4 Å². The van der Waals surface area contributed by atoms with Gasteiger partial charge in [0.05, 0.1) is 5.57 Å². The first-order valence-electron chi connectivity index (χ1n) is 8.61. The third kappa shape index (κ3) is 4.55. The largest absolute Gasteiger partial charge is 0.351 e. The minimum Gasteiger partial charge on any atom is -0.351 e. The topological polar surface area (TPSA) is 78.8 Å². The molecule has 1 rings (SSSR count). The number of nitrogens with zero attached hydrogens (tertiary/aromatic N) is 6. The highest BCUT2D eigenvalue weighted by Gasteiger charge is 2.34. The van der Waals surface area contributed by atoms with E-state index in [9.17, 15) is 10.5 Å². The van der Waals surface area contributed by atoms with E-state index in [0.717, 1.165) is 12.1 Å². The van der Waals surface area contributed by atoms with Crippen molar-refractivity contribution in [2.75, 3.05) is 0 Å². The van der Waals surface area contributed by atoms with Gasteiger partial charge in [-0.25, -0.2) is 0 Å². The van der Waals surface area contributed by atoms with E-state index in [1.165, 1.54) is 0 Å². The summed E-state index contributed by atoms with van der Waals surface area (Å²) in [5.74, 6) is 1.31. The third-order valence-electron chi connectivity index (χ3n) is 3.89. The predicted octanol–water partition coefficient (Wildman–Crippen LogP) is 3.94. The second-order valence-electron chi connectivity index (χ2n) is 7.07. The lowest BCUT2D eigenvalue weighted by Crippen LogP contribution is -2.50. The maximum absolute atomic E-state index is 9.55. The van der Waals surface area contributed by atoms with Crippen molar-refractivity contribution in [3.63, 3.8) is 0 Å². The normalized spacial score (nSPS) is 14.4. The van der Waals surface area contributed by atoms with Gasteiger partial charge in [-0.1, -0.05) is 0 Å². The highest BCUT2D eigenvalue weighted by molar-refractivity contribution is 7.97. The molecule has 136 valence electrons. The van der Waals surface area contributed by atoms with Crippen molar-refractivity contribution >= 4 is 23.8 Å². The van der Waals surface area contributed by atoms with Crippen LogP contribution in [0.4, 0.5) is 0 Å². The molecule has 0 aromatic heterocycles.